The molecular weight excluding hydrogens is 306 g/mol. The van der Waals surface area contributed by atoms with Crippen LogP contribution in [0.25, 0.3) is 28.5 Å². The monoisotopic (exact) mass is 319 g/mol. The summed E-state index contributed by atoms with van der Waals surface area (Å²) in [6.07, 6.45) is 7.53. The zero-order chi connectivity index (χ0) is 15.6. The molecule has 0 unspecified atom stereocenters. The van der Waals surface area contributed by atoms with E-state index in [1.165, 1.54) is 16.9 Å². The van der Waals surface area contributed by atoms with Crippen LogP contribution in [-0.4, -0.2) is 24.8 Å². The molecule has 0 aliphatic carbocycles. The average molecular weight is 319 g/mol. The van der Waals surface area contributed by atoms with Crippen LogP contribution in [-0.2, 0) is 0 Å². The quantitative estimate of drug-likeness (QED) is 0.577. The van der Waals surface area contributed by atoms with Gasteiger partial charge in [0.05, 0.1) is 0 Å². The summed E-state index contributed by atoms with van der Waals surface area (Å²) in [4.78, 5) is 4.80. The summed E-state index contributed by atoms with van der Waals surface area (Å²) >= 11 is 1.51. The van der Waals surface area contributed by atoms with Crippen molar-refractivity contribution in [3.63, 3.8) is 0 Å². The smallest absolute Gasteiger partial charge is 0.235 e. The van der Waals surface area contributed by atoms with Crippen LogP contribution < -0.4 is 0 Å². The summed E-state index contributed by atoms with van der Waals surface area (Å²) in [6.45, 7) is 2.08. The minimum atomic E-state index is 0.730. The van der Waals surface area contributed by atoms with E-state index in [1.807, 2.05) is 18.2 Å². The first-order chi connectivity index (χ1) is 11.3. The highest BCUT2D eigenvalue weighted by Gasteiger charge is 2.11. The zero-order valence-electron chi connectivity index (χ0n) is 12.4. The Bertz CT molecular complexity index is 967. The molecule has 1 aromatic carbocycles. The number of nitrogens with zero attached hydrogens (tertiary/aromatic N) is 5. The second-order valence-corrected chi connectivity index (χ2v) is 6.13. The zero-order valence-corrected chi connectivity index (χ0v) is 13.2. The van der Waals surface area contributed by atoms with Gasteiger partial charge in [-0.1, -0.05) is 47.2 Å². The minimum absolute atomic E-state index is 0.730. The molecule has 0 spiro atoms. The first kappa shape index (κ1) is 13.8. The molecule has 0 bridgehead atoms. The van der Waals surface area contributed by atoms with Gasteiger partial charge in [0.25, 0.3) is 0 Å². The van der Waals surface area contributed by atoms with E-state index in [-0.39, 0.29) is 0 Å². The lowest BCUT2D eigenvalue weighted by Crippen LogP contribution is -1.90. The third-order valence-corrected chi connectivity index (χ3v) is 4.30. The van der Waals surface area contributed by atoms with Gasteiger partial charge in [-0.25, -0.2) is 0 Å². The highest BCUT2D eigenvalue weighted by atomic mass is 32.1. The van der Waals surface area contributed by atoms with Crippen LogP contribution in [0.4, 0.5) is 0 Å². The molecule has 0 aliphatic rings. The van der Waals surface area contributed by atoms with Crippen LogP contribution in [0, 0.1) is 6.92 Å². The number of pyridine rings is 1. The van der Waals surface area contributed by atoms with Crippen molar-refractivity contribution in [1.82, 2.24) is 24.8 Å². The molecular formula is C17H13N5S. The molecule has 112 valence electrons. The SMILES string of the molecule is Cc1ccc(/C=C/c2nn3c(-c4ccncc4)nnc3s2)cc1. The lowest BCUT2D eigenvalue weighted by Gasteiger charge is -1.95. The lowest BCUT2D eigenvalue weighted by atomic mass is 10.1. The molecule has 0 saturated carbocycles. The van der Waals surface area contributed by atoms with E-state index in [1.54, 1.807) is 16.9 Å². The van der Waals surface area contributed by atoms with E-state index >= 15 is 0 Å². The molecule has 0 radical (unpaired) electrons. The van der Waals surface area contributed by atoms with Gasteiger partial charge >= 0.3 is 0 Å². The number of rotatable bonds is 3. The van der Waals surface area contributed by atoms with Crippen LogP contribution in [0.2, 0.25) is 0 Å². The van der Waals surface area contributed by atoms with Gasteiger partial charge in [0.1, 0.15) is 5.01 Å². The Balaban J connectivity index is 1.67. The molecule has 0 N–H and O–H groups in total. The van der Waals surface area contributed by atoms with Crippen molar-refractivity contribution in [3.05, 3.63) is 64.9 Å². The van der Waals surface area contributed by atoms with E-state index < -0.39 is 0 Å². The van der Waals surface area contributed by atoms with Gasteiger partial charge in [0.15, 0.2) is 5.82 Å². The Morgan fingerprint density at radius 3 is 2.52 bits per heavy atom. The van der Waals surface area contributed by atoms with Crippen molar-refractivity contribution in [2.75, 3.05) is 0 Å². The van der Waals surface area contributed by atoms with Gasteiger partial charge in [-0.3, -0.25) is 4.98 Å². The number of fused-ring (bicyclic) bond motifs is 1. The van der Waals surface area contributed by atoms with E-state index in [0.717, 1.165) is 26.9 Å². The molecule has 5 nitrogen and oxygen atoms in total. The minimum Gasteiger partial charge on any atom is -0.265 e. The summed E-state index contributed by atoms with van der Waals surface area (Å²) in [6, 6.07) is 12.2. The summed E-state index contributed by atoms with van der Waals surface area (Å²) in [7, 11) is 0. The Hall–Kier alpha value is -2.86. The fourth-order valence-corrected chi connectivity index (χ4v) is 2.97. The van der Waals surface area contributed by atoms with Crippen molar-refractivity contribution in [3.8, 4) is 11.4 Å². The lowest BCUT2D eigenvalue weighted by molar-refractivity contribution is 0.959. The van der Waals surface area contributed by atoms with Crippen molar-refractivity contribution in [1.29, 1.82) is 0 Å². The third kappa shape index (κ3) is 2.76. The highest BCUT2D eigenvalue weighted by molar-refractivity contribution is 7.17. The predicted octanol–water partition coefficient (Wildman–Crippen LogP) is 3.73. The van der Waals surface area contributed by atoms with E-state index in [9.17, 15) is 0 Å². The molecule has 0 amide bonds. The second kappa shape index (κ2) is 5.73. The molecule has 0 fully saturated rings. The van der Waals surface area contributed by atoms with E-state index in [0.29, 0.717) is 0 Å². The molecule has 3 heterocycles. The van der Waals surface area contributed by atoms with Gasteiger partial charge in [-0.05, 0) is 30.7 Å². The van der Waals surface area contributed by atoms with Gasteiger partial charge in [-0.2, -0.15) is 9.61 Å². The van der Waals surface area contributed by atoms with Gasteiger partial charge < -0.3 is 0 Å². The van der Waals surface area contributed by atoms with E-state index in [2.05, 4.69) is 57.5 Å². The van der Waals surface area contributed by atoms with Crippen LogP contribution >= 0.6 is 11.3 Å². The standard InChI is InChI=1S/C17H13N5S/c1-12-2-4-13(5-3-12)6-7-15-21-22-16(19-20-17(22)23-15)14-8-10-18-11-9-14/h2-11H,1H3/b7-6+. The number of hydrogen-bond acceptors (Lipinski definition) is 5. The van der Waals surface area contributed by atoms with Crippen molar-refractivity contribution >= 4 is 28.4 Å². The molecule has 4 aromatic rings. The fraction of sp³-hybridized carbons (Fsp3) is 0.0588. The maximum absolute atomic E-state index is 4.58. The topological polar surface area (TPSA) is 56.0 Å². The van der Waals surface area contributed by atoms with Gasteiger partial charge in [-0.15, -0.1) is 10.2 Å². The summed E-state index contributed by atoms with van der Waals surface area (Å²) in [5.74, 6) is 0.730. The van der Waals surface area contributed by atoms with E-state index in [4.69, 9.17) is 0 Å². The normalized spacial score (nSPS) is 11.5. The first-order valence-corrected chi connectivity index (χ1v) is 7.99. The number of aromatic nitrogens is 5. The predicted molar refractivity (Wildman–Crippen MR) is 92.0 cm³/mol. The van der Waals surface area contributed by atoms with Gasteiger partial charge in [0.2, 0.25) is 4.96 Å². The number of hydrogen-bond donors (Lipinski definition) is 0. The maximum Gasteiger partial charge on any atom is 0.235 e. The van der Waals surface area contributed by atoms with Crippen LogP contribution in [0.3, 0.4) is 0 Å². The Labute approximate surface area is 137 Å². The average Bonchev–Trinajstić information content (AvgIpc) is 3.15. The van der Waals surface area contributed by atoms with Crippen LogP contribution in [0.5, 0.6) is 0 Å². The summed E-state index contributed by atoms with van der Waals surface area (Å²) in [5, 5.41) is 13.9. The van der Waals surface area contributed by atoms with Crippen molar-refractivity contribution < 1.29 is 0 Å². The largest absolute Gasteiger partial charge is 0.265 e. The molecule has 6 heteroatoms. The van der Waals surface area contributed by atoms with Crippen molar-refractivity contribution in [2.24, 2.45) is 0 Å². The van der Waals surface area contributed by atoms with Crippen LogP contribution in [0.15, 0.2) is 48.8 Å². The molecule has 0 atom stereocenters. The van der Waals surface area contributed by atoms with Crippen molar-refractivity contribution in [2.45, 2.75) is 6.92 Å². The number of benzene rings is 1. The third-order valence-electron chi connectivity index (χ3n) is 3.44. The molecule has 3 aromatic heterocycles. The Morgan fingerprint density at radius 1 is 0.957 bits per heavy atom. The summed E-state index contributed by atoms with van der Waals surface area (Å²) < 4.78 is 1.77. The van der Waals surface area contributed by atoms with Gasteiger partial charge in [0, 0.05) is 18.0 Å². The Kier molecular flexibility index (Phi) is 3.44. The number of aryl methyl sites for hydroxylation is 1. The second-order valence-electron chi connectivity index (χ2n) is 5.14. The molecule has 0 saturated heterocycles. The Morgan fingerprint density at radius 2 is 1.74 bits per heavy atom. The molecule has 23 heavy (non-hydrogen) atoms. The molecule has 0 aliphatic heterocycles. The first-order valence-electron chi connectivity index (χ1n) is 7.17. The highest BCUT2D eigenvalue weighted by Crippen LogP contribution is 2.22. The maximum atomic E-state index is 4.58. The fourth-order valence-electron chi connectivity index (χ4n) is 2.23. The summed E-state index contributed by atoms with van der Waals surface area (Å²) in [5.41, 5.74) is 3.35. The molecule has 4 rings (SSSR count). The van der Waals surface area contributed by atoms with Crippen LogP contribution in [0.1, 0.15) is 16.1 Å².